The van der Waals surface area contributed by atoms with E-state index in [0.29, 0.717) is 5.56 Å². The Hall–Kier alpha value is -3.27. The molecule has 0 saturated carbocycles. The summed E-state index contributed by atoms with van der Waals surface area (Å²) in [7, 11) is 0. The molecule has 0 amide bonds. The standard InChI is InChI=1S/C27H30O13/c1-10-20(30)22(32)24(34)26(36-10)38-13-5-3-12(4-6-13)17-9-16(29)19-15(28)7-14(8-18(19)40-17)39-27-25(35)23(33)21(31)11(2)37-27/h3-11,20-28,30-35H,1-2H3/t10-,11-,20-,21-,22+,23+,24+,25+,26-,27-/m0/s1. The van der Waals surface area contributed by atoms with Crippen LogP contribution in [0.15, 0.2) is 51.7 Å². The first kappa shape index (κ1) is 28.3. The van der Waals surface area contributed by atoms with Crippen LogP contribution < -0.4 is 14.9 Å². The lowest BCUT2D eigenvalue weighted by Crippen LogP contribution is -2.58. The Morgan fingerprint density at radius 2 is 1.20 bits per heavy atom. The lowest BCUT2D eigenvalue weighted by atomic mass is 10.00. The number of benzene rings is 2. The van der Waals surface area contributed by atoms with Gasteiger partial charge in [-0.05, 0) is 38.1 Å². The zero-order valence-electron chi connectivity index (χ0n) is 21.4. The molecule has 1 aromatic heterocycles. The zero-order chi connectivity index (χ0) is 28.9. The smallest absolute Gasteiger partial charge is 0.229 e. The predicted molar refractivity (Wildman–Crippen MR) is 136 cm³/mol. The molecule has 0 radical (unpaired) electrons. The van der Waals surface area contributed by atoms with Crippen molar-refractivity contribution in [3.63, 3.8) is 0 Å². The molecule has 0 spiro atoms. The molecule has 2 aliphatic rings. The Morgan fingerprint density at radius 1 is 0.675 bits per heavy atom. The third-order valence-electron chi connectivity index (χ3n) is 7.04. The van der Waals surface area contributed by atoms with E-state index in [4.69, 9.17) is 23.4 Å². The summed E-state index contributed by atoms with van der Waals surface area (Å²) in [5.74, 6) is -0.0556. The minimum absolute atomic E-state index is 0.0264. The van der Waals surface area contributed by atoms with E-state index in [-0.39, 0.29) is 28.2 Å². The number of aliphatic hydroxyl groups is 6. The highest BCUT2D eigenvalue weighted by Gasteiger charge is 2.44. The highest BCUT2D eigenvalue weighted by molar-refractivity contribution is 5.86. The molecule has 0 bridgehead atoms. The van der Waals surface area contributed by atoms with Gasteiger partial charge in [-0.2, -0.15) is 0 Å². The molecule has 5 rings (SSSR count). The van der Waals surface area contributed by atoms with E-state index < -0.39 is 72.6 Å². The molecule has 216 valence electrons. The van der Waals surface area contributed by atoms with Gasteiger partial charge in [0.2, 0.25) is 12.6 Å². The van der Waals surface area contributed by atoms with Gasteiger partial charge in [0.1, 0.15) is 70.6 Å². The number of hydrogen-bond donors (Lipinski definition) is 7. The van der Waals surface area contributed by atoms with Crippen molar-refractivity contribution in [3.8, 4) is 28.6 Å². The summed E-state index contributed by atoms with van der Waals surface area (Å²) in [6, 6.07) is 9.85. The molecule has 2 aromatic carbocycles. The van der Waals surface area contributed by atoms with Gasteiger partial charge in [0, 0.05) is 23.8 Å². The van der Waals surface area contributed by atoms with Crippen LogP contribution in [0.5, 0.6) is 17.2 Å². The first-order chi connectivity index (χ1) is 18.9. The third-order valence-corrected chi connectivity index (χ3v) is 7.04. The molecular weight excluding hydrogens is 532 g/mol. The zero-order valence-corrected chi connectivity index (χ0v) is 21.4. The van der Waals surface area contributed by atoms with Gasteiger partial charge < -0.3 is 59.1 Å². The van der Waals surface area contributed by atoms with Crippen molar-refractivity contribution in [2.24, 2.45) is 0 Å². The lowest BCUT2D eigenvalue weighted by Gasteiger charge is -2.38. The van der Waals surface area contributed by atoms with Crippen molar-refractivity contribution in [1.29, 1.82) is 0 Å². The van der Waals surface area contributed by atoms with Crippen molar-refractivity contribution in [3.05, 3.63) is 52.7 Å². The number of ether oxygens (including phenoxy) is 4. The van der Waals surface area contributed by atoms with Crippen molar-refractivity contribution in [2.75, 3.05) is 0 Å². The number of phenols is 1. The second kappa shape index (κ2) is 11.0. The third kappa shape index (κ3) is 5.25. The van der Waals surface area contributed by atoms with Crippen LogP contribution in [0.4, 0.5) is 0 Å². The lowest BCUT2D eigenvalue weighted by molar-refractivity contribution is -0.268. The molecule has 40 heavy (non-hydrogen) atoms. The minimum Gasteiger partial charge on any atom is -0.507 e. The molecule has 7 N–H and O–H groups in total. The summed E-state index contributed by atoms with van der Waals surface area (Å²) in [6.45, 7) is 3.03. The molecule has 0 unspecified atom stereocenters. The largest absolute Gasteiger partial charge is 0.507 e. The Morgan fingerprint density at radius 3 is 1.75 bits per heavy atom. The first-order valence-corrected chi connectivity index (χ1v) is 12.6. The van der Waals surface area contributed by atoms with Crippen molar-refractivity contribution < 1.29 is 59.1 Å². The average molecular weight is 563 g/mol. The second-order valence-electron chi connectivity index (χ2n) is 9.91. The summed E-state index contributed by atoms with van der Waals surface area (Å²) in [5.41, 5.74) is -0.109. The van der Waals surface area contributed by atoms with Gasteiger partial charge in [-0.25, -0.2) is 0 Å². The average Bonchev–Trinajstić information content (AvgIpc) is 2.92. The van der Waals surface area contributed by atoms with Gasteiger partial charge in [-0.3, -0.25) is 4.79 Å². The highest BCUT2D eigenvalue weighted by atomic mass is 16.7. The maximum Gasteiger partial charge on any atom is 0.229 e. The fourth-order valence-electron chi connectivity index (χ4n) is 4.64. The molecular formula is C27H30O13. The second-order valence-corrected chi connectivity index (χ2v) is 9.91. The first-order valence-electron chi connectivity index (χ1n) is 12.6. The van der Waals surface area contributed by atoms with Crippen molar-refractivity contribution in [1.82, 2.24) is 0 Å². The summed E-state index contributed by atoms with van der Waals surface area (Å²) in [4.78, 5) is 12.8. The molecule has 13 nitrogen and oxygen atoms in total. The molecule has 3 heterocycles. The van der Waals surface area contributed by atoms with Crippen molar-refractivity contribution >= 4 is 11.0 Å². The summed E-state index contributed by atoms with van der Waals surface area (Å²) < 4.78 is 28.0. The maximum absolute atomic E-state index is 12.8. The van der Waals surface area contributed by atoms with Crippen LogP contribution >= 0.6 is 0 Å². The monoisotopic (exact) mass is 562 g/mol. The van der Waals surface area contributed by atoms with Gasteiger partial charge in [0.15, 0.2) is 5.43 Å². The van der Waals surface area contributed by atoms with Gasteiger partial charge in [0.05, 0.1) is 12.2 Å². The number of fused-ring (bicyclic) bond motifs is 1. The number of aliphatic hydroxyl groups excluding tert-OH is 6. The van der Waals surface area contributed by atoms with Crippen molar-refractivity contribution in [2.45, 2.75) is 75.3 Å². The quantitative estimate of drug-likeness (QED) is 0.211. The molecule has 2 saturated heterocycles. The molecule has 10 atom stereocenters. The molecule has 13 heteroatoms. The number of phenolic OH excluding ortho intramolecular Hbond substituents is 1. The van der Waals surface area contributed by atoms with Crippen LogP contribution in [0.1, 0.15) is 13.8 Å². The van der Waals surface area contributed by atoms with E-state index in [1.165, 1.54) is 38.1 Å². The Balaban J connectivity index is 1.38. The molecule has 2 aliphatic heterocycles. The van der Waals surface area contributed by atoms with Crippen LogP contribution in [-0.2, 0) is 9.47 Å². The van der Waals surface area contributed by atoms with Gasteiger partial charge >= 0.3 is 0 Å². The minimum atomic E-state index is -1.58. The van der Waals surface area contributed by atoms with E-state index in [9.17, 15) is 40.5 Å². The molecule has 3 aromatic rings. The number of rotatable bonds is 5. The molecule has 2 fully saturated rings. The summed E-state index contributed by atoms with van der Waals surface area (Å²) in [5, 5.41) is 70.5. The SMILES string of the molecule is C[C@@H]1O[C@@H](Oc2ccc(-c3cc(=O)c4c(O)cc(O[C@@H]5O[C@@H](C)[C@H](O)[C@@H](O)[C@H]5O)cc4o3)cc2)[C@H](O)[C@H](O)[C@H]1O. The van der Waals surface area contributed by atoms with E-state index in [2.05, 4.69) is 0 Å². The van der Waals surface area contributed by atoms with Crippen LogP contribution in [0.3, 0.4) is 0 Å². The van der Waals surface area contributed by atoms with Crippen LogP contribution in [0, 0.1) is 0 Å². The highest BCUT2D eigenvalue weighted by Crippen LogP contribution is 2.34. The summed E-state index contributed by atoms with van der Waals surface area (Å²) in [6.07, 6.45) is -12.8. The van der Waals surface area contributed by atoms with E-state index in [1.807, 2.05) is 0 Å². The Bertz CT molecular complexity index is 1410. The molecule has 0 aliphatic carbocycles. The van der Waals surface area contributed by atoms with Crippen LogP contribution in [-0.4, -0.2) is 97.2 Å². The Kier molecular flexibility index (Phi) is 7.74. The van der Waals surface area contributed by atoms with E-state index in [0.717, 1.165) is 6.07 Å². The van der Waals surface area contributed by atoms with Gasteiger partial charge in [0.25, 0.3) is 0 Å². The van der Waals surface area contributed by atoms with Crippen LogP contribution in [0.2, 0.25) is 0 Å². The van der Waals surface area contributed by atoms with Gasteiger partial charge in [-0.1, -0.05) is 0 Å². The Labute approximate surface area is 227 Å². The van der Waals surface area contributed by atoms with E-state index >= 15 is 0 Å². The predicted octanol–water partition coefficient (Wildman–Crippen LogP) is -0.422. The maximum atomic E-state index is 12.8. The van der Waals surface area contributed by atoms with Gasteiger partial charge in [-0.15, -0.1) is 0 Å². The fourth-order valence-corrected chi connectivity index (χ4v) is 4.64. The fraction of sp³-hybridized carbons (Fsp3) is 0.444. The summed E-state index contributed by atoms with van der Waals surface area (Å²) >= 11 is 0. The normalized spacial score (nSPS) is 34.5. The van der Waals surface area contributed by atoms with Crippen LogP contribution in [0.25, 0.3) is 22.3 Å². The topological polar surface area (TPSA) is 209 Å². The van der Waals surface area contributed by atoms with E-state index in [1.54, 1.807) is 12.1 Å². The number of hydrogen-bond acceptors (Lipinski definition) is 13. The number of aromatic hydroxyl groups is 1.